The molecular formula is C22H31NO3. The third-order valence-electron chi connectivity index (χ3n) is 4.63. The Morgan fingerprint density at radius 1 is 1.27 bits per heavy atom. The van der Waals surface area contributed by atoms with Crippen molar-refractivity contribution in [2.24, 2.45) is 5.92 Å². The average molecular weight is 368 g/mol. The number of carbonyl (C=O) groups excluding carboxylic acids is 1. The summed E-state index contributed by atoms with van der Waals surface area (Å²) < 4.78 is 81.0. The lowest BCUT2D eigenvalue weighted by atomic mass is 9.73. The first-order valence-corrected chi connectivity index (χ1v) is 8.66. The van der Waals surface area contributed by atoms with E-state index in [1.165, 1.54) is 0 Å². The Bertz CT molecular complexity index is 921. The zero-order chi connectivity index (χ0) is 27.4. The number of rotatable bonds is 7. The summed E-state index contributed by atoms with van der Waals surface area (Å²) in [6.45, 7) is -14.9. The molecule has 0 amide bonds. The van der Waals surface area contributed by atoms with Crippen LogP contribution in [0.5, 0.6) is 0 Å². The summed E-state index contributed by atoms with van der Waals surface area (Å²) in [5.74, 6) is 3.41. The van der Waals surface area contributed by atoms with Gasteiger partial charge in [-0.15, -0.1) is 0 Å². The molecule has 1 saturated carbocycles. The van der Waals surface area contributed by atoms with E-state index in [0.717, 1.165) is 19.3 Å². The van der Waals surface area contributed by atoms with Gasteiger partial charge in [-0.25, -0.2) is 4.79 Å². The molecule has 0 spiro atoms. The van der Waals surface area contributed by atoms with Crippen molar-refractivity contribution in [3.05, 3.63) is 35.9 Å². The molecule has 4 heteroatoms. The second-order valence-electron chi connectivity index (χ2n) is 6.21. The van der Waals surface area contributed by atoms with Gasteiger partial charge in [-0.1, -0.05) is 75.1 Å². The van der Waals surface area contributed by atoms with Crippen molar-refractivity contribution in [3.8, 4) is 11.8 Å². The van der Waals surface area contributed by atoms with Crippen molar-refractivity contribution in [2.75, 3.05) is 26.1 Å². The topological polar surface area (TPSA) is 49.8 Å². The van der Waals surface area contributed by atoms with Gasteiger partial charge < -0.3 is 9.84 Å². The number of esters is 1. The van der Waals surface area contributed by atoms with Crippen LogP contribution in [-0.2, 0) is 15.1 Å². The lowest BCUT2D eigenvalue weighted by Gasteiger charge is -2.36. The molecule has 1 aromatic rings. The van der Waals surface area contributed by atoms with E-state index in [2.05, 4.69) is 11.8 Å². The van der Waals surface area contributed by atoms with Crippen LogP contribution in [0.2, 0.25) is 0 Å². The summed E-state index contributed by atoms with van der Waals surface area (Å²) in [7, 11) is 0. The van der Waals surface area contributed by atoms with E-state index < -0.39 is 51.4 Å². The van der Waals surface area contributed by atoms with Gasteiger partial charge in [-0.3, -0.25) is 4.90 Å². The highest BCUT2D eigenvalue weighted by atomic mass is 16.5. The van der Waals surface area contributed by atoms with Crippen LogP contribution in [0.1, 0.15) is 65.1 Å². The quantitative estimate of drug-likeness (QED) is 0.593. The first-order chi connectivity index (χ1) is 16.5. The molecule has 0 saturated heterocycles. The Morgan fingerprint density at radius 2 is 1.96 bits per heavy atom. The average Bonchev–Trinajstić information content (AvgIpc) is 2.79. The molecule has 26 heavy (non-hydrogen) atoms. The predicted molar refractivity (Wildman–Crippen MR) is 103 cm³/mol. The maximum Gasteiger partial charge on any atom is 0.344 e. The molecule has 1 fully saturated rings. The minimum Gasteiger partial charge on any atom is -0.450 e. The van der Waals surface area contributed by atoms with Gasteiger partial charge in [0.2, 0.25) is 0 Å². The second kappa shape index (κ2) is 10.4. The Balaban J connectivity index is 2.21. The normalized spacial score (nSPS) is 25.0. The fraction of sp³-hybridized carbons (Fsp3) is 0.591. The van der Waals surface area contributed by atoms with Crippen LogP contribution in [0, 0.1) is 17.8 Å². The molecule has 4 nitrogen and oxygen atoms in total. The number of nitrogens with zero attached hydrogens (tertiary/aromatic N) is 1. The van der Waals surface area contributed by atoms with Gasteiger partial charge in [-0.05, 0) is 31.4 Å². The van der Waals surface area contributed by atoms with E-state index in [4.69, 9.17) is 18.4 Å². The van der Waals surface area contributed by atoms with Crippen LogP contribution in [0.25, 0.3) is 0 Å². The first-order valence-electron chi connectivity index (χ1n) is 13.7. The lowest BCUT2D eigenvalue weighted by molar-refractivity contribution is -0.174. The molecule has 0 unspecified atom stereocenters. The van der Waals surface area contributed by atoms with Gasteiger partial charge in [0.1, 0.15) is 0 Å². The minimum atomic E-state index is -3.37. The van der Waals surface area contributed by atoms with Crippen molar-refractivity contribution in [1.29, 1.82) is 0 Å². The van der Waals surface area contributed by atoms with Crippen LogP contribution in [0.4, 0.5) is 0 Å². The Hall–Kier alpha value is -1.83. The molecule has 142 valence electrons. The van der Waals surface area contributed by atoms with Crippen LogP contribution in [0.15, 0.2) is 30.3 Å². The smallest absolute Gasteiger partial charge is 0.344 e. The van der Waals surface area contributed by atoms with Crippen LogP contribution in [0.3, 0.4) is 0 Å². The summed E-state index contributed by atoms with van der Waals surface area (Å²) in [6, 6.07) is 8.41. The fourth-order valence-corrected chi connectivity index (χ4v) is 3.24. The SMILES string of the molecule is [2H]C([2H])([2H])C([2H])([2H])N(CC#CCOC(=O)[C@](O)(c1ccccc1)C1CCCCC1)C([2H])([2H])C([2H])([2H])[2H]. The number of hydrogen-bond acceptors (Lipinski definition) is 4. The molecule has 0 heterocycles. The van der Waals surface area contributed by atoms with Gasteiger partial charge >= 0.3 is 5.97 Å². The summed E-state index contributed by atoms with van der Waals surface area (Å²) >= 11 is 0. The molecule has 0 radical (unpaired) electrons. The van der Waals surface area contributed by atoms with Crippen molar-refractivity contribution < 1.29 is 28.3 Å². The maximum atomic E-state index is 13.0. The van der Waals surface area contributed by atoms with Gasteiger partial charge in [0, 0.05) is 19.6 Å². The molecule has 2 rings (SSSR count). The standard InChI is InChI=1S/C22H31NO3/c1-3-23(4-2)17-11-12-18-26-21(24)22(25,19-13-7-5-8-14-19)20-15-9-6-10-16-20/h5,7-8,13-14,20,25H,3-4,6,9-10,15-18H2,1-2H3/t22-/m0/s1/i1D3,2D3,3D2,4D2. The molecule has 1 aliphatic rings. The summed E-state index contributed by atoms with van der Waals surface area (Å²) in [5.41, 5.74) is -1.51. The van der Waals surface area contributed by atoms with Crippen LogP contribution < -0.4 is 0 Å². The van der Waals surface area contributed by atoms with E-state index in [-0.39, 0.29) is 10.8 Å². The fourth-order valence-electron chi connectivity index (χ4n) is 3.24. The highest BCUT2D eigenvalue weighted by Crippen LogP contribution is 2.40. The zero-order valence-corrected chi connectivity index (χ0v) is 14.6. The van der Waals surface area contributed by atoms with E-state index in [9.17, 15) is 9.90 Å². The molecule has 0 bridgehead atoms. The number of hydrogen-bond donors (Lipinski definition) is 1. The number of benzene rings is 1. The molecule has 1 aliphatic carbocycles. The number of aliphatic hydroxyl groups is 1. The Kier molecular flexibility index (Phi) is 4.18. The molecule has 0 aromatic heterocycles. The Morgan fingerprint density at radius 3 is 2.62 bits per heavy atom. The van der Waals surface area contributed by atoms with Crippen molar-refractivity contribution in [2.45, 2.75) is 51.4 Å². The largest absolute Gasteiger partial charge is 0.450 e. The van der Waals surface area contributed by atoms with Crippen molar-refractivity contribution >= 4 is 5.97 Å². The minimum absolute atomic E-state index is 0.0250. The third-order valence-corrected chi connectivity index (χ3v) is 4.63. The third kappa shape index (κ3) is 5.09. The van der Waals surface area contributed by atoms with Crippen LogP contribution in [-0.4, -0.2) is 42.1 Å². The van der Waals surface area contributed by atoms with Crippen molar-refractivity contribution in [3.63, 3.8) is 0 Å². The van der Waals surface area contributed by atoms with Crippen LogP contribution >= 0.6 is 0 Å². The summed E-state index contributed by atoms with van der Waals surface area (Å²) in [4.78, 5) is 13.0. The van der Waals surface area contributed by atoms with Crippen molar-refractivity contribution in [1.82, 2.24) is 4.90 Å². The second-order valence-corrected chi connectivity index (χ2v) is 6.21. The Labute approximate surface area is 171 Å². The van der Waals surface area contributed by atoms with E-state index in [1.54, 1.807) is 30.3 Å². The lowest BCUT2D eigenvalue weighted by Crippen LogP contribution is -2.45. The zero-order valence-electron chi connectivity index (χ0n) is 24.6. The van der Waals surface area contributed by atoms with E-state index in [1.807, 2.05) is 0 Å². The summed E-state index contributed by atoms with van der Waals surface area (Å²) in [5, 5.41) is 11.5. The van der Waals surface area contributed by atoms with Gasteiger partial charge in [0.05, 0.1) is 6.54 Å². The van der Waals surface area contributed by atoms with E-state index >= 15 is 0 Å². The highest BCUT2D eigenvalue weighted by Gasteiger charge is 2.46. The summed E-state index contributed by atoms with van der Waals surface area (Å²) in [6.07, 6.45) is 4.00. The number of ether oxygens (including phenoxy) is 1. The van der Waals surface area contributed by atoms with Gasteiger partial charge in [-0.2, -0.15) is 0 Å². The molecular weight excluding hydrogens is 326 g/mol. The molecule has 1 aromatic carbocycles. The predicted octanol–water partition coefficient (Wildman–Crippen LogP) is 3.34. The molecule has 0 aliphatic heterocycles. The monoisotopic (exact) mass is 367 g/mol. The van der Waals surface area contributed by atoms with Gasteiger partial charge in [0.25, 0.3) is 0 Å². The maximum absolute atomic E-state index is 13.0. The molecule has 1 N–H and O–H groups in total. The van der Waals surface area contributed by atoms with E-state index in [0.29, 0.717) is 18.4 Å². The first kappa shape index (κ1) is 10.5. The highest BCUT2D eigenvalue weighted by molar-refractivity contribution is 5.81. The molecule has 1 atom stereocenters. The number of carbonyl (C=O) groups is 1. The van der Waals surface area contributed by atoms with Gasteiger partial charge in [0.15, 0.2) is 12.2 Å².